The van der Waals surface area contributed by atoms with Gasteiger partial charge in [-0.1, -0.05) is 12.1 Å². The maximum Gasteiger partial charge on any atom is 0.253 e. The van der Waals surface area contributed by atoms with E-state index in [1.807, 2.05) is 36.4 Å². The van der Waals surface area contributed by atoms with Crippen LogP contribution in [0, 0.1) is 11.2 Å². The topological polar surface area (TPSA) is 59.0 Å². The molecule has 2 aliphatic rings. The molecular formula is C25H24FNO4S. The third kappa shape index (κ3) is 3.59. The van der Waals surface area contributed by atoms with Gasteiger partial charge in [-0.2, -0.15) is 11.8 Å². The number of fused-ring (bicyclic) bond motifs is 1. The summed E-state index contributed by atoms with van der Waals surface area (Å²) in [7, 11) is 1.64. The van der Waals surface area contributed by atoms with Crippen molar-refractivity contribution >= 4 is 28.4 Å². The van der Waals surface area contributed by atoms with Crippen LogP contribution in [0.5, 0.6) is 11.5 Å². The van der Waals surface area contributed by atoms with Crippen molar-refractivity contribution < 1.29 is 23.8 Å². The molecule has 1 N–H and O–H groups in total. The molecule has 1 amide bonds. The molecule has 7 heteroatoms. The SMILES string of the molecule is COc1ccc2cc(OCC3(C4(O)CSC4)CN(C(=O)c4ccc(F)cc4)C3)ccc2c1. The average Bonchev–Trinajstić information content (AvgIpc) is 2.76. The molecule has 3 aromatic carbocycles. The van der Waals surface area contributed by atoms with Crippen molar-refractivity contribution in [1.82, 2.24) is 4.90 Å². The van der Waals surface area contributed by atoms with E-state index in [2.05, 4.69) is 0 Å². The maximum absolute atomic E-state index is 13.2. The van der Waals surface area contributed by atoms with E-state index in [4.69, 9.17) is 9.47 Å². The second-order valence-electron chi connectivity index (χ2n) is 8.64. The van der Waals surface area contributed by atoms with E-state index in [0.29, 0.717) is 36.8 Å². The highest BCUT2D eigenvalue weighted by atomic mass is 32.2. The molecule has 2 saturated heterocycles. The summed E-state index contributed by atoms with van der Waals surface area (Å²) in [6.07, 6.45) is 0. The van der Waals surface area contributed by atoms with E-state index in [1.54, 1.807) is 23.8 Å². The Labute approximate surface area is 190 Å². The van der Waals surface area contributed by atoms with Gasteiger partial charge in [-0.05, 0) is 59.3 Å². The number of carbonyl (C=O) groups excluding carboxylic acids is 1. The Morgan fingerprint density at radius 1 is 1.03 bits per heavy atom. The predicted octanol–water partition coefficient (Wildman–Crippen LogP) is 3.99. The Balaban J connectivity index is 1.31. The van der Waals surface area contributed by atoms with Crippen molar-refractivity contribution in [2.24, 2.45) is 5.41 Å². The Kier molecular flexibility index (Phi) is 5.26. The molecule has 2 aliphatic heterocycles. The molecule has 0 radical (unpaired) electrons. The zero-order chi connectivity index (χ0) is 22.3. The zero-order valence-electron chi connectivity index (χ0n) is 17.7. The molecule has 0 spiro atoms. The first-order chi connectivity index (χ1) is 15.4. The normalized spacial score (nSPS) is 18.5. The number of halogens is 1. The number of methoxy groups -OCH3 is 1. The molecule has 0 atom stereocenters. The van der Waals surface area contributed by atoms with E-state index in [1.165, 1.54) is 24.3 Å². The molecule has 2 fully saturated rings. The number of hydrogen-bond donors (Lipinski definition) is 1. The summed E-state index contributed by atoms with van der Waals surface area (Å²) >= 11 is 1.69. The van der Waals surface area contributed by atoms with E-state index >= 15 is 0 Å². The molecule has 0 bridgehead atoms. The summed E-state index contributed by atoms with van der Waals surface area (Å²) in [5, 5.41) is 13.3. The number of rotatable bonds is 6. The third-order valence-electron chi connectivity index (χ3n) is 6.57. The summed E-state index contributed by atoms with van der Waals surface area (Å²) in [6, 6.07) is 17.3. The second-order valence-corrected chi connectivity index (χ2v) is 9.62. The molecular weight excluding hydrogens is 429 g/mol. The third-order valence-corrected chi connectivity index (χ3v) is 7.93. The Bertz CT molecular complexity index is 1160. The van der Waals surface area contributed by atoms with Gasteiger partial charge in [-0.3, -0.25) is 4.79 Å². The monoisotopic (exact) mass is 453 g/mol. The Hall–Kier alpha value is -2.77. The maximum atomic E-state index is 13.2. The van der Waals surface area contributed by atoms with Gasteiger partial charge in [0, 0.05) is 30.2 Å². The summed E-state index contributed by atoms with van der Waals surface area (Å²) < 4.78 is 24.6. The molecule has 0 saturated carbocycles. The van der Waals surface area contributed by atoms with Crippen molar-refractivity contribution in [3.8, 4) is 11.5 Å². The molecule has 5 rings (SSSR count). The summed E-state index contributed by atoms with van der Waals surface area (Å²) in [4.78, 5) is 14.5. The van der Waals surface area contributed by atoms with Crippen LogP contribution in [0.4, 0.5) is 4.39 Å². The van der Waals surface area contributed by atoms with Crippen LogP contribution in [0.2, 0.25) is 0 Å². The number of hydrogen-bond acceptors (Lipinski definition) is 5. The van der Waals surface area contributed by atoms with Crippen LogP contribution < -0.4 is 9.47 Å². The predicted molar refractivity (Wildman–Crippen MR) is 123 cm³/mol. The Morgan fingerprint density at radius 3 is 2.25 bits per heavy atom. The van der Waals surface area contributed by atoms with E-state index in [-0.39, 0.29) is 11.7 Å². The number of benzene rings is 3. The molecule has 0 aliphatic carbocycles. The highest BCUT2D eigenvalue weighted by Gasteiger charge is 2.62. The van der Waals surface area contributed by atoms with Gasteiger partial charge in [-0.15, -0.1) is 0 Å². The van der Waals surface area contributed by atoms with Crippen molar-refractivity contribution in [3.63, 3.8) is 0 Å². The van der Waals surface area contributed by atoms with Crippen molar-refractivity contribution in [2.45, 2.75) is 5.60 Å². The lowest BCUT2D eigenvalue weighted by molar-refractivity contribution is -0.148. The molecule has 32 heavy (non-hydrogen) atoms. The first-order valence-electron chi connectivity index (χ1n) is 10.5. The molecule has 2 heterocycles. The number of amides is 1. The number of likely N-dealkylation sites (tertiary alicyclic amines) is 1. The van der Waals surface area contributed by atoms with E-state index in [9.17, 15) is 14.3 Å². The molecule has 166 valence electrons. The van der Waals surface area contributed by atoms with Crippen molar-refractivity contribution in [3.05, 3.63) is 72.0 Å². The number of thioether (sulfide) groups is 1. The molecule has 0 unspecified atom stereocenters. The summed E-state index contributed by atoms with van der Waals surface area (Å²) in [5.41, 5.74) is -0.939. The fourth-order valence-electron chi connectivity index (χ4n) is 4.36. The first-order valence-corrected chi connectivity index (χ1v) is 11.6. The smallest absolute Gasteiger partial charge is 0.253 e. The molecule has 5 nitrogen and oxygen atoms in total. The number of carbonyl (C=O) groups is 1. The number of ether oxygens (including phenoxy) is 2. The van der Waals surface area contributed by atoms with Crippen LogP contribution in [-0.4, -0.2) is 59.8 Å². The van der Waals surface area contributed by atoms with E-state index < -0.39 is 11.0 Å². The average molecular weight is 454 g/mol. The van der Waals surface area contributed by atoms with Gasteiger partial charge in [-0.25, -0.2) is 4.39 Å². The second kappa shape index (κ2) is 7.98. The van der Waals surface area contributed by atoms with Crippen LogP contribution in [0.3, 0.4) is 0 Å². The van der Waals surface area contributed by atoms with Gasteiger partial charge in [0.05, 0.1) is 18.1 Å². The lowest BCUT2D eigenvalue weighted by Crippen LogP contribution is -2.74. The fraction of sp³-hybridized carbons (Fsp3) is 0.320. The van der Waals surface area contributed by atoms with Gasteiger partial charge in [0.25, 0.3) is 5.91 Å². The number of nitrogens with zero attached hydrogens (tertiary/aromatic N) is 1. The van der Waals surface area contributed by atoms with Gasteiger partial charge < -0.3 is 19.5 Å². The number of aliphatic hydroxyl groups is 1. The Morgan fingerprint density at radius 2 is 1.66 bits per heavy atom. The van der Waals surface area contributed by atoms with Gasteiger partial charge in [0.1, 0.15) is 23.9 Å². The lowest BCUT2D eigenvalue weighted by atomic mass is 9.67. The zero-order valence-corrected chi connectivity index (χ0v) is 18.5. The van der Waals surface area contributed by atoms with Crippen molar-refractivity contribution in [2.75, 3.05) is 38.3 Å². The lowest BCUT2D eigenvalue weighted by Gasteiger charge is -2.60. The van der Waals surface area contributed by atoms with Gasteiger partial charge in [0.2, 0.25) is 0 Å². The quantitative estimate of drug-likeness (QED) is 0.612. The van der Waals surface area contributed by atoms with Gasteiger partial charge in [0.15, 0.2) is 0 Å². The largest absolute Gasteiger partial charge is 0.497 e. The minimum atomic E-state index is -0.860. The minimum absolute atomic E-state index is 0.157. The van der Waals surface area contributed by atoms with Gasteiger partial charge >= 0.3 is 0 Å². The molecule has 0 aromatic heterocycles. The standard InChI is InChI=1S/C25H24FNO4S/c1-30-21-8-4-19-11-22(9-5-18(19)10-21)31-14-24(25(29)15-32-16-25)12-27(13-24)23(28)17-2-6-20(26)7-3-17/h2-11,29H,12-16H2,1H3. The van der Waals surface area contributed by atoms with Crippen LogP contribution in [0.25, 0.3) is 10.8 Å². The van der Waals surface area contributed by atoms with Crippen LogP contribution in [0.1, 0.15) is 10.4 Å². The van der Waals surface area contributed by atoms with Crippen LogP contribution in [0.15, 0.2) is 60.7 Å². The van der Waals surface area contributed by atoms with Crippen LogP contribution >= 0.6 is 11.8 Å². The highest BCUT2D eigenvalue weighted by Crippen LogP contribution is 2.49. The highest BCUT2D eigenvalue weighted by molar-refractivity contribution is 8.00. The minimum Gasteiger partial charge on any atom is -0.497 e. The van der Waals surface area contributed by atoms with Crippen molar-refractivity contribution in [1.29, 1.82) is 0 Å². The van der Waals surface area contributed by atoms with E-state index in [0.717, 1.165) is 22.3 Å². The summed E-state index contributed by atoms with van der Waals surface area (Å²) in [6.45, 7) is 1.13. The first kappa shape index (κ1) is 21.1. The molecule has 3 aromatic rings. The van der Waals surface area contributed by atoms with Crippen LogP contribution in [-0.2, 0) is 0 Å². The fourth-order valence-corrected chi connectivity index (χ4v) is 5.57. The summed E-state index contributed by atoms with van der Waals surface area (Å²) in [5.74, 6) is 2.26.